The van der Waals surface area contributed by atoms with Crippen LogP contribution in [0.25, 0.3) is 0 Å². The van der Waals surface area contributed by atoms with Crippen LogP contribution in [0.1, 0.15) is 24.8 Å². The fourth-order valence-electron chi connectivity index (χ4n) is 3.45. The second kappa shape index (κ2) is 12.2. The van der Waals surface area contributed by atoms with Gasteiger partial charge in [-0.15, -0.1) is 24.0 Å². The summed E-state index contributed by atoms with van der Waals surface area (Å²) in [6.07, 6.45) is 1.10. The molecule has 0 bridgehead atoms. The minimum absolute atomic E-state index is 0. The van der Waals surface area contributed by atoms with E-state index in [-0.39, 0.29) is 24.0 Å². The summed E-state index contributed by atoms with van der Waals surface area (Å²) in [5, 5.41) is 3.39. The predicted molar refractivity (Wildman–Crippen MR) is 131 cm³/mol. The van der Waals surface area contributed by atoms with Gasteiger partial charge in [0.15, 0.2) is 5.96 Å². The van der Waals surface area contributed by atoms with Gasteiger partial charge in [-0.05, 0) is 43.2 Å². The highest BCUT2D eigenvalue weighted by atomic mass is 127. The summed E-state index contributed by atoms with van der Waals surface area (Å²) in [4.78, 5) is 7.91. The van der Waals surface area contributed by atoms with Crippen molar-refractivity contribution in [3.05, 3.63) is 60.2 Å². The number of benzene rings is 2. The first-order valence-electron chi connectivity index (χ1n) is 9.82. The summed E-state index contributed by atoms with van der Waals surface area (Å²) in [7, 11) is 0.680. The summed E-state index contributed by atoms with van der Waals surface area (Å²) in [6.45, 7) is 5.37. The van der Waals surface area contributed by atoms with E-state index in [1.165, 1.54) is 5.56 Å². The Labute approximate surface area is 193 Å². The molecule has 0 radical (unpaired) electrons. The molecule has 29 heavy (non-hydrogen) atoms. The fourth-order valence-corrected chi connectivity index (χ4v) is 4.40. The SMILES string of the molecule is CCNC(=NCCS(=O)c1ccccc1)N1CCC(c2ccc(OC)cc2)C1.I. The van der Waals surface area contributed by atoms with Gasteiger partial charge in [-0.2, -0.15) is 0 Å². The van der Waals surface area contributed by atoms with E-state index in [0.29, 0.717) is 18.2 Å². The lowest BCUT2D eigenvalue weighted by atomic mass is 9.98. The van der Waals surface area contributed by atoms with Crippen molar-refractivity contribution in [2.75, 3.05) is 39.0 Å². The first kappa shape index (κ1) is 23.7. The van der Waals surface area contributed by atoms with Crippen LogP contribution in [0.3, 0.4) is 0 Å². The van der Waals surface area contributed by atoms with Crippen LogP contribution in [0.4, 0.5) is 0 Å². The third-order valence-corrected chi connectivity index (χ3v) is 6.31. The van der Waals surface area contributed by atoms with Gasteiger partial charge in [0, 0.05) is 36.2 Å². The largest absolute Gasteiger partial charge is 0.497 e. The average molecular weight is 527 g/mol. The normalized spacial score (nSPS) is 17.5. The molecule has 5 nitrogen and oxygen atoms in total. The Morgan fingerprint density at radius 3 is 2.59 bits per heavy atom. The lowest BCUT2D eigenvalue weighted by Crippen LogP contribution is -2.40. The quantitative estimate of drug-likeness (QED) is 0.338. The number of hydrogen-bond donors (Lipinski definition) is 1. The second-order valence-corrected chi connectivity index (χ2v) is 8.37. The van der Waals surface area contributed by atoms with Crippen molar-refractivity contribution in [1.29, 1.82) is 0 Å². The van der Waals surface area contributed by atoms with E-state index in [0.717, 1.165) is 42.7 Å². The van der Waals surface area contributed by atoms with Crippen molar-refractivity contribution in [3.8, 4) is 5.75 Å². The lowest BCUT2D eigenvalue weighted by molar-refractivity contribution is 0.414. The van der Waals surface area contributed by atoms with Crippen LogP contribution >= 0.6 is 24.0 Å². The molecule has 0 amide bonds. The zero-order valence-corrected chi connectivity index (χ0v) is 20.2. The molecule has 1 heterocycles. The summed E-state index contributed by atoms with van der Waals surface area (Å²) >= 11 is 0. The third-order valence-electron chi connectivity index (χ3n) is 4.95. The Morgan fingerprint density at radius 2 is 1.93 bits per heavy atom. The maximum Gasteiger partial charge on any atom is 0.193 e. The number of nitrogens with one attached hydrogen (secondary N) is 1. The maximum absolute atomic E-state index is 12.4. The number of halogens is 1. The Morgan fingerprint density at radius 1 is 1.21 bits per heavy atom. The van der Waals surface area contributed by atoms with Gasteiger partial charge in [0.25, 0.3) is 0 Å². The molecule has 158 valence electrons. The van der Waals surface area contributed by atoms with E-state index >= 15 is 0 Å². The van der Waals surface area contributed by atoms with E-state index in [1.54, 1.807) is 7.11 Å². The number of guanidine groups is 1. The number of nitrogens with zero attached hydrogens (tertiary/aromatic N) is 2. The highest BCUT2D eigenvalue weighted by Gasteiger charge is 2.26. The Kier molecular flexibility index (Phi) is 9.93. The van der Waals surface area contributed by atoms with E-state index in [2.05, 4.69) is 29.3 Å². The third kappa shape index (κ3) is 6.70. The van der Waals surface area contributed by atoms with Gasteiger partial charge in [0.2, 0.25) is 0 Å². The molecule has 0 aliphatic carbocycles. The van der Waals surface area contributed by atoms with Crippen LogP contribution in [0.2, 0.25) is 0 Å². The van der Waals surface area contributed by atoms with E-state index in [9.17, 15) is 4.21 Å². The standard InChI is InChI=1S/C22H29N3O2S.HI/c1-3-23-22(24-14-16-28(26)21-7-5-4-6-8-21)25-15-13-19(17-25)18-9-11-20(27-2)12-10-18;/h4-12,19H,3,13-17H2,1-2H3,(H,23,24);1H. The average Bonchev–Trinajstić information content (AvgIpc) is 3.24. The van der Waals surface area contributed by atoms with Crippen LogP contribution in [0.5, 0.6) is 5.75 Å². The predicted octanol–water partition coefficient (Wildman–Crippen LogP) is 3.88. The summed E-state index contributed by atoms with van der Waals surface area (Å²) < 4.78 is 17.6. The Hall–Kier alpha value is -1.61. The van der Waals surface area contributed by atoms with Crippen LogP contribution in [-0.4, -0.2) is 54.1 Å². The number of ether oxygens (including phenoxy) is 1. The van der Waals surface area contributed by atoms with Gasteiger partial charge in [0.1, 0.15) is 5.75 Å². The molecule has 3 rings (SSSR count). The number of hydrogen-bond acceptors (Lipinski definition) is 3. The molecular weight excluding hydrogens is 497 g/mol. The minimum Gasteiger partial charge on any atom is -0.497 e. The van der Waals surface area contributed by atoms with Gasteiger partial charge >= 0.3 is 0 Å². The maximum atomic E-state index is 12.4. The van der Waals surface area contributed by atoms with Crippen molar-refractivity contribution >= 4 is 40.7 Å². The zero-order valence-electron chi connectivity index (χ0n) is 17.0. The van der Waals surface area contributed by atoms with Crippen LogP contribution in [0, 0.1) is 0 Å². The Bertz CT molecular complexity index is 799. The van der Waals surface area contributed by atoms with Gasteiger partial charge in [-0.25, -0.2) is 0 Å². The van der Waals surface area contributed by atoms with Crippen molar-refractivity contribution < 1.29 is 8.95 Å². The molecule has 1 aliphatic rings. The van der Waals surface area contributed by atoms with Crippen molar-refractivity contribution in [1.82, 2.24) is 10.2 Å². The van der Waals surface area contributed by atoms with E-state index in [1.807, 2.05) is 42.5 Å². The van der Waals surface area contributed by atoms with Gasteiger partial charge in [-0.1, -0.05) is 30.3 Å². The van der Waals surface area contributed by atoms with Crippen LogP contribution in [0.15, 0.2) is 64.5 Å². The minimum atomic E-state index is -1.01. The topological polar surface area (TPSA) is 53.9 Å². The summed E-state index contributed by atoms with van der Waals surface area (Å²) in [5.74, 6) is 2.84. The van der Waals surface area contributed by atoms with Gasteiger partial charge < -0.3 is 15.0 Å². The fraction of sp³-hybridized carbons (Fsp3) is 0.409. The molecule has 1 saturated heterocycles. The Balaban J connectivity index is 0.00000300. The van der Waals surface area contributed by atoms with Crippen LogP contribution in [-0.2, 0) is 10.8 Å². The molecule has 0 saturated carbocycles. The number of methoxy groups -OCH3 is 1. The van der Waals surface area contributed by atoms with Crippen molar-refractivity contribution in [2.24, 2.45) is 4.99 Å². The van der Waals surface area contributed by atoms with Crippen LogP contribution < -0.4 is 10.1 Å². The summed E-state index contributed by atoms with van der Waals surface area (Å²) in [6, 6.07) is 17.9. The first-order valence-corrected chi connectivity index (χ1v) is 11.1. The molecule has 2 unspecified atom stereocenters. The molecule has 2 atom stereocenters. The smallest absolute Gasteiger partial charge is 0.193 e. The molecule has 2 aromatic rings. The number of rotatable bonds is 7. The zero-order chi connectivity index (χ0) is 19.8. The molecule has 2 aromatic carbocycles. The van der Waals surface area contributed by atoms with Crippen molar-refractivity contribution in [2.45, 2.75) is 24.2 Å². The molecule has 1 aliphatic heterocycles. The second-order valence-electron chi connectivity index (χ2n) is 6.80. The highest BCUT2D eigenvalue weighted by molar-refractivity contribution is 14.0. The van der Waals surface area contributed by atoms with E-state index < -0.39 is 10.8 Å². The molecule has 0 spiro atoms. The van der Waals surface area contributed by atoms with Gasteiger partial charge in [-0.3, -0.25) is 9.20 Å². The molecule has 1 N–H and O–H groups in total. The first-order chi connectivity index (χ1) is 13.7. The molecule has 7 heteroatoms. The molecular formula is C22H30IN3O2S. The monoisotopic (exact) mass is 527 g/mol. The highest BCUT2D eigenvalue weighted by Crippen LogP contribution is 2.28. The summed E-state index contributed by atoms with van der Waals surface area (Å²) in [5.41, 5.74) is 1.34. The van der Waals surface area contributed by atoms with Crippen molar-refractivity contribution in [3.63, 3.8) is 0 Å². The molecule has 0 aromatic heterocycles. The lowest BCUT2D eigenvalue weighted by Gasteiger charge is -2.21. The molecule has 1 fully saturated rings. The van der Waals surface area contributed by atoms with E-state index in [4.69, 9.17) is 9.73 Å². The number of likely N-dealkylation sites (tertiary alicyclic amines) is 1. The number of aliphatic imine (C=N–C) groups is 1. The van der Waals surface area contributed by atoms with Gasteiger partial charge in [0.05, 0.1) is 24.5 Å².